The second-order valence-corrected chi connectivity index (χ2v) is 7.56. The van der Waals surface area contributed by atoms with Crippen molar-refractivity contribution in [2.24, 2.45) is 5.73 Å². The maximum Gasteiger partial charge on any atom is 0.266 e. The van der Waals surface area contributed by atoms with Gasteiger partial charge in [0.15, 0.2) is 0 Å². The number of rotatable bonds is 5. The third kappa shape index (κ3) is 3.20. The van der Waals surface area contributed by atoms with Crippen molar-refractivity contribution in [2.75, 3.05) is 4.72 Å². The number of sulfonamides is 1. The lowest BCUT2D eigenvalue weighted by molar-refractivity contribution is 0.0993. The molecule has 1 heterocycles. The van der Waals surface area contributed by atoms with Crippen molar-refractivity contribution in [3.05, 3.63) is 58.7 Å². The molecule has 0 fully saturated rings. The van der Waals surface area contributed by atoms with Crippen LogP contribution in [0.15, 0.2) is 47.4 Å². The molecule has 0 radical (unpaired) electrons. The van der Waals surface area contributed by atoms with Crippen LogP contribution in [0.25, 0.3) is 10.9 Å². The van der Waals surface area contributed by atoms with Crippen LogP contribution >= 0.6 is 11.6 Å². The van der Waals surface area contributed by atoms with Crippen LogP contribution < -0.4 is 10.5 Å². The minimum Gasteiger partial charge on any atom is -0.364 e. The number of hydrogen-bond acceptors (Lipinski definition) is 3. The molecular formula is C17H16ClN3O3S. The number of aromatic amines is 1. The van der Waals surface area contributed by atoms with E-state index in [2.05, 4.69) is 9.71 Å². The average molecular weight is 378 g/mol. The first-order valence-corrected chi connectivity index (χ1v) is 9.41. The molecule has 6 nitrogen and oxygen atoms in total. The minimum absolute atomic E-state index is 0.182. The molecule has 4 N–H and O–H groups in total. The lowest BCUT2D eigenvalue weighted by atomic mass is 10.1. The molecule has 0 unspecified atom stereocenters. The van der Waals surface area contributed by atoms with Gasteiger partial charge < -0.3 is 10.7 Å². The average Bonchev–Trinajstić information content (AvgIpc) is 2.94. The Hall–Kier alpha value is -2.51. The van der Waals surface area contributed by atoms with Crippen molar-refractivity contribution >= 4 is 44.1 Å². The van der Waals surface area contributed by atoms with Crippen molar-refractivity contribution in [1.29, 1.82) is 0 Å². The zero-order valence-electron chi connectivity index (χ0n) is 13.3. The first-order chi connectivity index (χ1) is 11.8. The van der Waals surface area contributed by atoms with Gasteiger partial charge in [0.25, 0.3) is 15.9 Å². The molecule has 3 rings (SSSR count). The van der Waals surface area contributed by atoms with Crippen molar-refractivity contribution in [1.82, 2.24) is 4.98 Å². The number of halogens is 1. The number of fused-ring (bicyclic) bond motifs is 1. The van der Waals surface area contributed by atoms with Gasteiger partial charge >= 0.3 is 0 Å². The summed E-state index contributed by atoms with van der Waals surface area (Å²) >= 11 is 5.99. The highest BCUT2D eigenvalue weighted by Crippen LogP contribution is 2.31. The predicted molar refractivity (Wildman–Crippen MR) is 98.5 cm³/mol. The van der Waals surface area contributed by atoms with Crippen LogP contribution in [0.3, 0.4) is 0 Å². The SMILES string of the molecule is CCc1ccccc1NS(=O)(=O)c1c(C(N)=O)[nH]c2ccc(Cl)cc12. The molecule has 0 atom stereocenters. The molecule has 8 heteroatoms. The topological polar surface area (TPSA) is 105 Å². The van der Waals surface area contributed by atoms with E-state index in [1.54, 1.807) is 24.3 Å². The van der Waals surface area contributed by atoms with Crippen LogP contribution in [0, 0.1) is 0 Å². The van der Waals surface area contributed by atoms with Crippen LogP contribution in [0.1, 0.15) is 23.0 Å². The Kier molecular flexibility index (Phi) is 4.45. The van der Waals surface area contributed by atoms with Gasteiger partial charge in [0.1, 0.15) is 10.6 Å². The molecule has 0 aliphatic heterocycles. The van der Waals surface area contributed by atoms with Crippen molar-refractivity contribution in [3.8, 4) is 0 Å². The molecule has 3 aromatic rings. The second kappa shape index (κ2) is 6.42. The van der Waals surface area contributed by atoms with E-state index in [0.29, 0.717) is 28.0 Å². The predicted octanol–water partition coefficient (Wildman–Crippen LogP) is 3.28. The number of nitrogens with one attached hydrogen (secondary N) is 2. The van der Waals surface area contributed by atoms with Gasteiger partial charge in [-0.15, -0.1) is 0 Å². The van der Waals surface area contributed by atoms with Crippen LogP contribution in [0.2, 0.25) is 5.02 Å². The highest BCUT2D eigenvalue weighted by Gasteiger charge is 2.27. The summed E-state index contributed by atoms with van der Waals surface area (Å²) in [7, 11) is -4.06. The summed E-state index contributed by atoms with van der Waals surface area (Å²) in [5.41, 5.74) is 6.94. The Bertz CT molecular complexity index is 1070. The fraction of sp³-hybridized carbons (Fsp3) is 0.118. The quantitative estimate of drug-likeness (QED) is 0.635. The molecule has 0 bridgehead atoms. The Balaban J connectivity index is 2.21. The third-order valence-corrected chi connectivity index (χ3v) is 5.56. The number of aromatic nitrogens is 1. The van der Waals surface area contributed by atoms with Crippen LogP contribution in [-0.4, -0.2) is 19.3 Å². The maximum absolute atomic E-state index is 13.0. The number of H-pyrrole nitrogens is 1. The van der Waals surface area contributed by atoms with Gasteiger partial charge in [-0.2, -0.15) is 0 Å². The molecule has 130 valence electrons. The van der Waals surface area contributed by atoms with E-state index < -0.39 is 15.9 Å². The van der Waals surface area contributed by atoms with Gasteiger partial charge in [0, 0.05) is 15.9 Å². The van der Waals surface area contributed by atoms with Crippen LogP contribution in [-0.2, 0) is 16.4 Å². The lowest BCUT2D eigenvalue weighted by Gasteiger charge is -2.12. The number of carbonyl (C=O) groups is 1. The summed E-state index contributed by atoms with van der Waals surface area (Å²) in [4.78, 5) is 14.3. The Labute approximate surface area is 150 Å². The number of aryl methyl sites for hydroxylation is 1. The summed E-state index contributed by atoms with van der Waals surface area (Å²) in [6.45, 7) is 1.92. The number of amides is 1. The number of carbonyl (C=O) groups excluding carboxylic acids is 1. The van der Waals surface area contributed by atoms with Crippen molar-refractivity contribution in [2.45, 2.75) is 18.2 Å². The van der Waals surface area contributed by atoms with Gasteiger partial charge in [-0.3, -0.25) is 9.52 Å². The van der Waals surface area contributed by atoms with E-state index in [1.807, 2.05) is 19.1 Å². The molecule has 0 saturated carbocycles. The van der Waals surface area contributed by atoms with E-state index in [0.717, 1.165) is 5.56 Å². The first kappa shape index (κ1) is 17.3. The molecule has 0 saturated heterocycles. The lowest BCUT2D eigenvalue weighted by Crippen LogP contribution is -2.20. The van der Waals surface area contributed by atoms with E-state index in [9.17, 15) is 13.2 Å². The van der Waals surface area contributed by atoms with Crippen LogP contribution in [0.4, 0.5) is 5.69 Å². The van der Waals surface area contributed by atoms with Gasteiger partial charge in [-0.1, -0.05) is 36.7 Å². The molecule has 25 heavy (non-hydrogen) atoms. The summed E-state index contributed by atoms with van der Waals surface area (Å²) in [5.74, 6) is -0.864. The number of primary amides is 1. The highest BCUT2D eigenvalue weighted by molar-refractivity contribution is 7.93. The number of para-hydroxylation sites is 1. The van der Waals surface area contributed by atoms with E-state index in [1.165, 1.54) is 6.07 Å². The highest BCUT2D eigenvalue weighted by atomic mass is 35.5. The molecule has 2 aromatic carbocycles. The molecular weight excluding hydrogens is 362 g/mol. The van der Waals surface area contributed by atoms with E-state index in [4.69, 9.17) is 17.3 Å². The summed E-state index contributed by atoms with van der Waals surface area (Å²) in [6, 6.07) is 11.8. The third-order valence-electron chi connectivity index (χ3n) is 3.87. The molecule has 0 aliphatic carbocycles. The van der Waals surface area contributed by atoms with Crippen LogP contribution in [0.5, 0.6) is 0 Å². The monoisotopic (exact) mass is 377 g/mol. The Morgan fingerprint density at radius 1 is 1.24 bits per heavy atom. The minimum atomic E-state index is -4.06. The second-order valence-electron chi connectivity index (χ2n) is 5.50. The van der Waals surface area contributed by atoms with E-state index >= 15 is 0 Å². The zero-order valence-corrected chi connectivity index (χ0v) is 14.9. The molecule has 0 aliphatic rings. The number of hydrogen-bond donors (Lipinski definition) is 3. The fourth-order valence-corrected chi connectivity index (χ4v) is 4.36. The van der Waals surface area contributed by atoms with Crippen molar-refractivity contribution in [3.63, 3.8) is 0 Å². The normalized spacial score (nSPS) is 11.6. The fourth-order valence-electron chi connectivity index (χ4n) is 2.72. The van der Waals surface area contributed by atoms with E-state index in [-0.39, 0.29) is 10.6 Å². The standard InChI is InChI=1S/C17H16ClN3O3S/c1-2-10-5-3-4-6-13(10)21-25(23,24)16-12-9-11(18)7-8-14(12)20-15(16)17(19)22/h3-9,20-21H,2H2,1H3,(H2,19,22). The summed E-state index contributed by atoms with van der Waals surface area (Å²) in [6.07, 6.45) is 0.654. The van der Waals surface area contributed by atoms with Gasteiger partial charge in [0.2, 0.25) is 0 Å². The van der Waals surface area contributed by atoms with Gasteiger partial charge in [0.05, 0.1) is 5.69 Å². The largest absolute Gasteiger partial charge is 0.364 e. The summed E-state index contributed by atoms with van der Waals surface area (Å²) < 4.78 is 28.5. The zero-order chi connectivity index (χ0) is 18.2. The first-order valence-electron chi connectivity index (χ1n) is 7.55. The van der Waals surface area contributed by atoms with Gasteiger partial charge in [-0.05, 0) is 36.2 Å². The number of anilines is 1. The Morgan fingerprint density at radius 3 is 2.64 bits per heavy atom. The number of nitrogens with two attached hydrogens (primary N) is 1. The van der Waals surface area contributed by atoms with Gasteiger partial charge in [-0.25, -0.2) is 8.42 Å². The molecule has 0 spiro atoms. The molecule has 1 aromatic heterocycles. The smallest absolute Gasteiger partial charge is 0.266 e. The summed E-state index contributed by atoms with van der Waals surface area (Å²) in [5, 5.41) is 0.663. The van der Waals surface area contributed by atoms with Crippen molar-refractivity contribution < 1.29 is 13.2 Å². The molecule has 1 amide bonds. The maximum atomic E-state index is 13.0. The Morgan fingerprint density at radius 2 is 1.96 bits per heavy atom. The number of benzene rings is 2.